The lowest BCUT2D eigenvalue weighted by Gasteiger charge is -2.38. The number of piperazine rings is 1. The van der Waals surface area contributed by atoms with Crippen LogP contribution in [0.2, 0.25) is 0 Å². The van der Waals surface area contributed by atoms with Crippen molar-refractivity contribution in [3.8, 4) is 0 Å². The Morgan fingerprint density at radius 2 is 1.71 bits per heavy atom. The molecule has 2 N–H and O–H groups in total. The minimum absolute atomic E-state index is 0. The number of carbonyl (C=O) groups is 1. The lowest BCUT2D eigenvalue weighted by atomic mass is 9.84. The van der Waals surface area contributed by atoms with Crippen molar-refractivity contribution in [2.24, 2.45) is 16.8 Å². The van der Waals surface area contributed by atoms with Gasteiger partial charge >= 0.3 is 0 Å². The van der Waals surface area contributed by atoms with Crippen LogP contribution in [0.15, 0.2) is 4.99 Å². The zero-order valence-electron chi connectivity index (χ0n) is 17.8. The highest BCUT2D eigenvalue weighted by Gasteiger charge is 2.31. The Labute approximate surface area is 188 Å². The lowest BCUT2D eigenvalue weighted by Crippen LogP contribution is -2.51. The quantitative estimate of drug-likeness (QED) is 0.331. The molecule has 2 aliphatic carbocycles. The predicted octanol–water partition coefficient (Wildman–Crippen LogP) is 2.68. The summed E-state index contributed by atoms with van der Waals surface area (Å²) < 4.78 is 0. The maximum atomic E-state index is 12.3. The number of nitrogens with zero attached hydrogens (tertiary/aromatic N) is 3. The molecule has 28 heavy (non-hydrogen) atoms. The lowest BCUT2D eigenvalue weighted by molar-refractivity contribution is -0.139. The Hall–Kier alpha value is -0.570. The zero-order chi connectivity index (χ0) is 19.1. The molecule has 3 rings (SSSR count). The van der Waals surface area contributed by atoms with E-state index < -0.39 is 0 Å². The highest BCUT2D eigenvalue weighted by Crippen LogP contribution is 2.28. The fraction of sp³-hybridized carbons (Fsp3) is 0.905. The van der Waals surface area contributed by atoms with E-state index >= 15 is 0 Å². The topological polar surface area (TPSA) is 60.0 Å². The molecule has 0 bridgehead atoms. The second kappa shape index (κ2) is 12.2. The summed E-state index contributed by atoms with van der Waals surface area (Å²) in [7, 11) is 0. The summed E-state index contributed by atoms with van der Waals surface area (Å²) in [6.07, 6.45) is 8.59. The van der Waals surface area contributed by atoms with Crippen LogP contribution >= 0.6 is 24.0 Å². The number of halogens is 1. The minimum atomic E-state index is 0. The minimum Gasteiger partial charge on any atom is -0.357 e. The van der Waals surface area contributed by atoms with Crippen LogP contribution in [-0.4, -0.2) is 73.5 Å². The smallest absolute Gasteiger partial charge is 0.225 e. The third-order valence-corrected chi connectivity index (χ3v) is 6.53. The summed E-state index contributed by atoms with van der Waals surface area (Å²) in [4.78, 5) is 21.7. The van der Waals surface area contributed by atoms with Crippen molar-refractivity contribution in [1.29, 1.82) is 0 Å². The SMILES string of the molecule is CCNC(=NCCN1CCN(C(=O)C2CCC2)CC1)NC1CCC(C)CC1.I. The number of hydrogen-bond acceptors (Lipinski definition) is 3. The van der Waals surface area contributed by atoms with Crippen molar-refractivity contribution < 1.29 is 4.79 Å². The molecule has 0 spiro atoms. The van der Waals surface area contributed by atoms with Crippen LogP contribution in [0.5, 0.6) is 0 Å². The highest BCUT2D eigenvalue weighted by molar-refractivity contribution is 14.0. The standard InChI is InChI=1S/C21H39N5O.HI/c1-3-22-21(24-19-9-7-17(2)8-10-19)23-11-12-25-13-15-26(16-14-25)20(27)18-5-4-6-18;/h17-19H,3-16H2,1-2H3,(H2,22,23,24);1H. The van der Waals surface area contributed by atoms with Gasteiger partial charge in [0.25, 0.3) is 0 Å². The molecule has 0 radical (unpaired) electrons. The van der Waals surface area contributed by atoms with Crippen molar-refractivity contribution in [3.05, 3.63) is 0 Å². The van der Waals surface area contributed by atoms with Crippen LogP contribution in [0.1, 0.15) is 58.8 Å². The predicted molar refractivity (Wildman–Crippen MR) is 126 cm³/mol. The maximum Gasteiger partial charge on any atom is 0.225 e. The fourth-order valence-electron chi connectivity index (χ4n) is 4.33. The molecule has 1 heterocycles. The average molecular weight is 505 g/mol. The van der Waals surface area contributed by atoms with Crippen molar-refractivity contribution in [2.75, 3.05) is 45.8 Å². The Bertz CT molecular complexity index is 495. The van der Waals surface area contributed by atoms with E-state index in [0.29, 0.717) is 17.9 Å². The van der Waals surface area contributed by atoms with Gasteiger partial charge in [-0.25, -0.2) is 0 Å². The van der Waals surface area contributed by atoms with Gasteiger partial charge in [0, 0.05) is 51.2 Å². The molecule has 3 fully saturated rings. The van der Waals surface area contributed by atoms with E-state index in [0.717, 1.165) is 70.5 Å². The Morgan fingerprint density at radius 1 is 1.04 bits per heavy atom. The molecule has 0 aromatic rings. The van der Waals surface area contributed by atoms with Gasteiger partial charge in [0.15, 0.2) is 5.96 Å². The van der Waals surface area contributed by atoms with Gasteiger partial charge in [-0.15, -0.1) is 24.0 Å². The number of hydrogen-bond donors (Lipinski definition) is 2. The van der Waals surface area contributed by atoms with Gasteiger partial charge in [0.2, 0.25) is 5.91 Å². The second-order valence-electron chi connectivity index (χ2n) is 8.66. The molecule has 1 saturated heterocycles. The Kier molecular flexibility index (Phi) is 10.3. The first-order valence-corrected chi connectivity index (χ1v) is 11.2. The van der Waals surface area contributed by atoms with Crippen LogP contribution < -0.4 is 10.6 Å². The Balaban J connectivity index is 0.00000280. The summed E-state index contributed by atoms with van der Waals surface area (Å²) in [6, 6.07) is 0.570. The zero-order valence-corrected chi connectivity index (χ0v) is 20.1. The molecule has 162 valence electrons. The highest BCUT2D eigenvalue weighted by atomic mass is 127. The van der Waals surface area contributed by atoms with Crippen LogP contribution in [-0.2, 0) is 4.79 Å². The summed E-state index contributed by atoms with van der Waals surface area (Å²) in [5.41, 5.74) is 0. The summed E-state index contributed by atoms with van der Waals surface area (Å²) >= 11 is 0. The molecule has 2 saturated carbocycles. The van der Waals surface area contributed by atoms with Gasteiger partial charge in [-0.2, -0.15) is 0 Å². The van der Waals surface area contributed by atoms with E-state index in [1.54, 1.807) is 0 Å². The van der Waals surface area contributed by atoms with E-state index in [1.807, 2.05) is 0 Å². The van der Waals surface area contributed by atoms with Crippen molar-refractivity contribution in [2.45, 2.75) is 64.8 Å². The van der Waals surface area contributed by atoms with Gasteiger partial charge in [-0.3, -0.25) is 14.7 Å². The average Bonchev–Trinajstić information content (AvgIpc) is 2.63. The summed E-state index contributed by atoms with van der Waals surface area (Å²) in [6.45, 7) is 10.9. The first-order chi connectivity index (χ1) is 13.2. The third kappa shape index (κ3) is 7.04. The van der Waals surface area contributed by atoms with E-state index in [1.165, 1.54) is 32.1 Å². The van der Waals surface area contributed by atoms with Gasteiger partial charge in [-0.1, -0.05) is 13.3 Å². The third-order valence-electron chi connectivity index (χ3n) is 6.53. The van der Waals surface area contributed by atoms with Crippen molar-refractivity contribution in [3.63, 3.8) is 0 Å². The van der Waals surface area contributed by atoms with E-state index in [-0.39, 0.29) is 24.0 Å². The molecule has 0 atom stereocenters. The van der Waals surface area contributed by atoms with Crippen LogP contribution in [0.4, 0.5) is 0 Å². The molecule has 0 unspecified atom stereocenters. The Morgan fingerprint density at radius 3 is 2.29 bits per heavy atom. The number of guanidine groups is 1. The second-order valence-corrected chi connectivity index (χ2v) is 8.66. The van der Waals surface area contributed by atoms with E-state index in [9.17, 15) is 4.79 Å². The fourth-order valence-corrected chi connectivity index (χ4v) is 4.33. The van der Waals surface area contributed by atoms with Crippen LogP contribution in [0.25, 0.3) is 0 Å². The number of carbonyl (C=O) groups excluding carboxylic acids is 1. The first-order valence-electron chi connectivity index (χ1n) is 11.2. The van der Waals surface area contributed by atoms with E-state index in [4.69, 9.17) is 4.99 Å². The maximum absolute atomic E-state index is 12.3. The van der Waals surface area contributed by atoms with E-state index in [2.05, 4.69) is 34.3 Å². The molecule has 3 aliphatic rings. The van der Waals surface area contributed by atoms with Gasteiger partial charge in [0.05, 0.1) is 6.54 Å². The number of rotatable bonds is 6. The molecular formula is C21H40IN5O. The molecule has 0 aromatic carbocycles. The van der Waals surface area contributed by atoms with Gasteiger partial charge in [-0.05, 0) is 51.4 Å². The largest absolute Gasteiger partial charge is 0.357 e. The number of amides is 1. The molecule has 1 amide bonds. The van der Waals surface area contributed by atoms with Crippen LogP contribution in [0.3, 0.4) is 0 Å². The number of nitrogens with one attached hydrogen (secondary N) is 2. The summed E-state index contributed by atoms with van der Waals surface area (Å²) in [5.74, 6) is 2.57. The first kappa shape index (κ1) is 23.7. The van der Waals surface area contributed by atoms with Crippen molar-refractivity contribution in [1.82, 2.24) is 20.4 Å². The molecule has 6 nitrogen and oxygen atoms in total. The van der Waals surface area contributed by atoms with Gasteiger partial charge in [0.1, 0.15) is 0 Å². The molecular weight excluding hydrogens is 465 g/mol. The number of aliphatic imine (C=N–C) groups is 1. The van der Waals surface area contributed by atoms with Gasteiger partial charge < -0.3 is 15.5 Å². The van der Waals surface area contributed by atoms with Crippen LogP contribution in [0, 0.1) is 11.8 Å². The monoisotopic (exact) mass is 505 g/mol. The molecule has 7 heteroatoms. The summed E-state index contributed by atoms with van der Waals surface area (Å²) in [5, 5.41) is 7.02. The normalized spacial score (nSPS) is 26.9. The molecule has 1 aliphatic heterocycles. The molecule has 0 aromatic heterocycles. The van der Waals surface area contributed by atoms with Crippen molar-refractivity contribution >= 4 is 35.8 Å².